The van der Waals surface area contributed by atoms with Crippen molar-refractivity contribution in [1.82, 2.24) is 20.1 Å². The molecule has 146 valence electrons. The van der Waals surface area contributed by atoms with Crippen LogP contribution in [-0.2, 0) is 11.3 Å². The third-order valence-corrected chi connectivity index (χ3v) is 6.16. The van der Waals surface area contributed by atoms with Crippen LogP contribution in [-0.4, -0.2) is 32.5 Å². The molecule has 0 radical (unpaired) electrons. The van der Waals surface area contributed by atoms with Gasteiger partial charge in [-0.25, -0.2) is 0 Å². The second kappa shape index (κ2) is 10.1. The number of nitrogens with zero attached hydrogens (tertiary/aromatic N) is 3. The van der Waals surface area contributed by atoms with Crippen molar-refractivity contribution in [3.05, 3.63) is 29.3 Å². The molecular weight excluding hydrogens is 380 g/mol. The molecule has 1 aliphatic rings. The average molecular weight is 407 g/mol. The standard InChI is InChI=1S/C20H27ClN4OS/c1-2-25-19(15-10-12-16(21)13-11-15)23-24-20(25)27-14-18(26)22-17-8-6-4-3-5-7-9-17/h10-13,17H,2-9,14H2,1H3,(H,22,26). The molecule has 0 bridgehead atoms. The molecule has 0 spiro atoms. The Kier molecular flexibility index (Phi) is 7.59. The molecule has 0 atom stereocenters. The number of halogens is 1. The van der Waals surface area contributed by atoms with Gasteiger partial charge in [0.05, 0.1) is 5.75 Å². The van der Waals surface area contributed by atoms with E-state index in [9.17, 15) is 4.79 Å². The van der Waals surface area contributed by atoms with Gasteiger partial charge in [0.1, 0.15) is 0 Å². The van der Waals surface area contributed by atoms with Crippen LogP contribution in [0.2, 0.25) is 5.02 Å². The lowest BCUT2D eigenvalue weighted by Gasteiger charge is -2.20. The summed E-state index contributed by atoms with van der Waals surface area (Å²) in [6.07, 6.45) is 8.53. The molecule has 7 heteroatoms. The number of amides is 1. The highest BCUT2D eigenvalue weighted by Gasteiger charge is 2.17. The first-order valence-corrected chi connectivity index (χ1v) is 11.1. The lowest BCUT2D eigenvalue weighted by atomic mass is 9.97. The second-order valence-electron chi connectivity index (χ2n) is 6.96. The van der Waals surface area contributed by atoms with E-state index in [2.05, 4.69) is 22.4 Å². The Morgan fingerprint density at radius 3 is 2.48 bits per heavy atom. The van der Waals surface area contributed by atoms with E-state index in [1.165, 1.54) is 43.9 Å². The molecule has 2 aromatic rings. The highest BCUT2D eigenvalue weighted by atomic mass is 35.5. The van der Waals surface area contributed by atoms with Crippen molar-refractivity contribution in [1.29, 1.82) is 0 Å². The van der Waals surface area contributed by atoms with Crippen LogP contribution in [0.1, 0.15) is 51.9 Å². The molecule has 1 heterocycles. The number of carbonyl (C=O) groups excluding carboxylic acids is 1. The maximum absolute atomic E-state index is 12.4. The van der Waals surface area contributed by atoms with Gasteiger partial charge in [-0.3, -0.25) is 4.79 Å². The summed E-state index contributed by atoms with van der Waals surface area (Å²) in [5.41, 5.74) is 0.972. The molecule has 1 N–H and O–H groups in total. The average Bonchev–Trinajstić information content (AvgIpc) is 3.05. The topological polar surface area (TPSA) is 59.8 Å². The first kappa shape index (κ1) is 20.2. The smallest absolute Gasteiger partial charge is 0.230 e. The first-order chi connectivity index (χ1) is 13.2. The summed E-state index contributed by atoms with van der Waals surface area (Å²) < 4.78 is 2.04. The van der Waals surface area contributed by atoms with Crippen LogP contribution >= 0.6 is 23.4 Å². The van der Waals surface area contributed by atoms with Crippen molar-refractivity contribution in [2.45, 2.75) is 69.6 Å². The molecule has 3 rings (SSSR count). The molecule has 1 aromatic carbocycles. The van der Waals surface area contributed by atoms with Gasteiger partial charge < -0.3 is 9.88 Å². The Hall–Kier alpha value is -1.53. The molecule has 0 unspecified atom stereocenters. The monoisotopic (exact) mass is 406 g/mol. The van der Waals surface area contributed by atoms with Crippen LogP contribution in [0.4, 0.5) is 0 Å². The van der Waals surface area contributed by atoms with E-state index in [0.29, 0.717) is 16.8 Å². The summed E-state index contributed by atoms with van der Waals surface area (Å²) in [4.78, 5) is 12.4. The largest absolute Gasteiger partial charge is 0.353 e. The van der Waals surface area contributed by atoms with Crippen molar-refractivity contribution in [2.24, 2.45) is 0 Å². The fourth-order valence-corrected chi connectivity index (χ4v) is 4.43. The fraction of sp³-hybridized carbons (Fsp3) is 0.550. The number of aromatic nitrogens is 3. The quantitative estimate of drug-likeness (QED) is 0.690. The van der Waals surface area contributed by atoms with Crippen LogP contribution < -0.4 is 5.32 Å². The summed E-state index contributed by atoms with van der Waals surface area (Å²) in [6.45, 7) is 2.80. The number of thioether (sulfide) groups is 1. The van der Waals surface area contributed by atoms with Crippen LogP contribution in [0.5, 0.6) is 0 Å². The van der Waals surface area contributed by atoms with Crippen LogP contribution in [0.15, 0.2) is 29.4 Å². The minimum atomic E-state index is 0.0873. The van der Waals surface area contributed by atoms with E-state index < -0.39 is 0 Å². The predicted molar refractivity (Wildman–Crippen MR) is 111 cm³/mol. The predicted octanol–water partition coefficient (Wildman–Crippen LogP) is 4.94. The molecule has 1 amide bonds. The molecule has 1 aromatic heterocycles. The zero-order chi connectivity index (χ0) is 19.1. The van der Waals surface area contributed by atoms with E-state index in [1.807, 2.05) is 28.8 Å². The van der Waals surface area contributed by atoms with Crippen molar-refractivity contribution in [2.75, 3.05) is 5.75 Å². The van der Waals surface area contributed by atoms with Crippen LogP contribution in [0, 0.1) is 0 Å². The Morgan fingerprint density at radius 1 is 1.15 bits per heavy atom. The number of carbonyl (C=O) groups is 1. The first-order valence-electron chi connectivity index (χ1n) is 9.78. The van der Waals surface area contributed by atoms with E-state index in [1.54, 1.807) is 0 Å². The van der Waals surface area contributed by atoms with Crippen LogP contribution in [0.25, 0.3) is 11.4 Å². The van der Waals surface area contributed by atoms with E-state index >= 15 is 0 Å². The zero-order valence-electron chi connectivity index (χ0n) is 15.8. The molecule has 5 nitrogen and oxygen atoms in total. The van der Waals surface area contributed by atoms with Gasteiger partial charge in [0.15, 0.2) is 11.0 Å². The number of hydrogen-bond donors (Lipinski definition) is 1. The van der Waals surface area contributed by atoms with Crippen molar-refractivity contribution in [3.8, 4) is 11.4 Å². The van der Waals surface area contributed by atoms with Gasteiger partial charge >= 0.3 is 0 Å². The van der Waals surface area contributed by atoms with E-state index in [-0.39, 0.29) is 5.91 Å². The Labute approximate surface area is 170 Å². The van der Waals surface area contributed by atoms with Gasteiger partial charge in [-0.1, -0.05) is 55.5 Å². The third kappa shape index (κ3) is 5.72. The zero-order valence-corrected chi connectivity index (χ0v) is 17.4. The lowest BCUT2D eigenvalue weighted by Crippen LogP contribution is -2.36. The molecule has 0 aliphatic heterocycles. The molecular formula is C20H27ClN4OS. The molecule has 1 saturated carbocycles. The van der Waals surface area contributed by atoms with Crippen molar-refractivity contribution >= 4 is 29.3 Å². The van der Waals surface area contributed by atoms with E-state index in [4.69, 9.17) is 11.6 Å². The Bertz CT molecular complexity index is 739. The van der Waals surface area contributed by atoms with Gasteiger partial charge in [0.25, 0.3) is 0 Å². The van der Waals surface area contributed by atoms with Gasteiger partial charge in [-0.2, -0.15) is 0 Å². The fourth-order valence-electron chi connectivity index (χ4n) is 3.49. The number of hydrogen-bond acceptors (Lipinski definition) is 4. The van der Waals surface area contributed by atoms with Crippen LogP contribution in [0.3, 0.4) is 0 Å². The highest BCUT2D eigenvalue weighted by molar-refractivity contribution is 7.99. The SMILES string of the molecule is CCn1c(SCC(=O)NC2CCCCCCC2)nnc1-c1ccc(Cl)cc1. The summed E-state index contributed by atoms with van der Waals surface area (Å²) >= 11 is 7.42. The number of benzene rings is 1. The minimum Gasteiger partial charge on any atom is -0.353 e. The summed E-state index contributed by atoms with van der Waals surface area (Å²) in [5, 5.41) is 13.3. The van der Waals surface area contributed by atoms with Crippen molar-refractivity contribution < 1.29 is 4.79 Å². The molecule has 1 fully saturated rings. The third-order valence-electron chi connectivity index (χ3n) is 4.94. The minimum absolute atomic E-state index is 0.0873. The Balaban J connectivity index is 1.58. The molecule has 1 aliphatic carbocycles. The summed E-state index contributed by atoms with van der Waals surface area (Å²) in [7, 11) is 0. The summed E-state index contributed by atoms with van der Waals surface area (Å²) in [5.74, 6) is 1.26. The maximum atomic E-state index is 12.4. The van der Waals surface area contributed by atoms with Gasteiger partial charge in [0.2, 0.25) is 5.91 Å². The normalized spacial score (nSPS) is 15.9. The van der Waals surface area contributed by atoms with Crippen molar-refractivity contribution in [3.63, 3.8) is 0 Å². The van der Waals surface area contributed by atoms with Gasteiger partial charge in [-0.05, 0) is 44.0 Å². The molecule has 0 saturated heterocycles. The lowest BCUT2D eigenvalue weighted by molar-refractivity contribution is -0.119. The van der Waals surface area contributed by atoms with Gasteiger partial charge in [0, 0.05) is 23.2 Å². The number of rotatable bonds is 6. The summed E-state index contributed by atoms with van der Waals surface area (Å²) in [6, 6.07) is 7.90. The highest BCUT2D eigenvalue weighted by Crippen LogP contribution is 2.25. The second-order valence-corrected chi connectivity index (χ2v) is 8.33. The maximum Gasteiger partial charge on any atom is 0.230 e. The molecule has 27 heavy (non-hydrogen) atoms. The number of nitrogens with one attached hydrogen (secondary N) is 1. The Morgan fingerprint density at radius 2 is 1.81 bits per heavy atom. The van der Waals surface area contributed by atoms with Gasteiger partial charge in [-0.15, -0.1) is 10.2 Å². The van der Waals surface area contributed by atoms with E-state index in [0.717, 1.165) is 35.9 Å².